The fourth-order valence-electron chi connectivity index (χ4n) is 3.07. The van der Waals surface area contributed by atoms with Crippen LogP contribution >= 0.6 is 0 Å². The number of hydrogen-bond acceptors (Lipinski definition) is 5. The summed E-state index contributed by atoms with van der Waals surface area (Å²) in [5.74, 6) is 0. The molecule has 1 aromatic rings. The van der Waals surface area contributed by atoms with Crippen LogP contribution in [0.5, 0.6) is 0 Å². The van der Waals surface area contributed by atoms with Crippen molar-refractivity contribution in [1.29, 1.82) is 0 Å². The average Bonchev–Trinajstić information content (AvgIpc) is 2.76. The maximum Gasteiger partial charge on any atom is 0.494 e. The van der Waals surface area contributed by atoms with E-state index in [4.69, 9.17) is 9.31 Å². The monoisotopic (exact) mass is 366 g/mol. The Morgan fingerprint density at radius 2 is 1.60 bits per heavy atom. The fraction of sp³-hybridized carbons (Fsp3) is 0.647. The lowest BCUT2D eigenvalue weighted by molar-refractivity contribution is 0.00578. The second kappa shape index (κ2) is 6.35. The van der Waals surface area contributed by atoms with E-state index in [-0.39, 0.29) is 0 Å². The highest BCUT2D eigenvalue weighted by Crippen LogP contribution is 2.36. The highest BCUT2D eigenvalue weighted by molar-refractivity contribution is 7.89. The van der Waals surface area contributed by atoms with Gasteiger partial charge in [0.25, 0.3) is 0 Å². The van der Waals surface area contributed by atoms with Crippen LogP contribution in [0.4, 0.5) is 0 Å². The predicted molar refractivity (Wildman–Crippen MR) is 98.5 cm³/mol. The second-order valence-corrected chi connectivity index (χ2v) is 9.76. The van der Waals surface area contributed by atoms with Crippen LogP contribution in [0.2, 0.25) is 0 Å². The van der Waals surface area contributed by atoms with Crippen molar-refractivity contribution in [1.82, 2.24) is 9.62 Å². The number of rotatable bonds is 3. The molecule has 3 rings (SSSR count). The molecule has 0 bridgehead atoms. The van der Waals surface area contributed by atoms with Gasteiger partial charge in [-0.2, -0.15) is 4.31 Å². The second-order valence-electron chi connectivity index (χ2n) is 7.82. The van der Waals surface area contributed by atoms with Gasteiger partial charge in [0, 0.05) is 26.2 Å². The van der Waals surface area contributed by atoms with E-state index in [1.54, 1.807) is 12.1 Å². The lowest BCUT2D eigenvalue weighted by Crippen LogP contribution is -2.46. The molecule has 0 radical (unpaired) electrons. The van der Waals surface area contributed by atoms with Crippen LogP contribution in [0.3, 0.4) is 0 Å². The van der Waals surface area contributed by atoms with E-state index < -0.39 is 28.3 Å². The maximum absolute atomic E-state index is 13.0. The van der Waals surface area contributed by atoms with Crippen LogP contribution in [0.1, 0.15) is 33.3 Å². The summed E-state index contributed by atoms with van der Waals surface area (Å²) >= 11 is 0. The smallest absolute Gasteiger partial charge is 0.399 e. The van der Waals surface area contributed by atoms with Gasteiger partial charge in [0.2, 0.25) is 10.0 Å². The van der Waals surface area contributed by atoms with E-state index in [1.807, 2.05) is 40.7 Å². The van der Waals surface area contributed by atoms with E-state index in [9.17, 15) is 8.42 Å². The van der Waals surface area contributed by atoms with Crippen molar-refractivity contribution in [2.24, 2.45) is 0 Å². The quantitative estimate of drug-likeness (QED) is 0.805. The minimum absolute atomic E-state index is 0.305. The van der Waals surface area contributed by atoms with E-state index in [0.29, 0.717) is 31.1 Å². The molecule has 2 aliphatic heterocycles. The van der Waals surface area contributed by atoms with E-state index in [0.717, 1.165) is 11.0 Å². The van der Waals surface area contributed by atoms with Crippen molar-refractivity contribution in [2.75, 3.05) is 26.2 Å². The summed E-state index contributed by atoms with van der Waals surface area (Å²) in [5.41, 5.74) is 0.700. The first kappa shape index (κ1) is 18.9. The lowest BCUT2D eigenvalue weighted by atomic mass is 9.78. The molecule has 0 saturated carbocycles. The number of aryl methyl sites for hydroxylation is 1. The van der Waals surface area contributed by atoms with Crippen LogP contribution < -0.4 is 10.8 Å². The zero-order valence-electron chi connectivity index (χ0n) is 15.6. The predicted octanol–water partition coefficient (Wildman–Crippen LogP) is 0.888. The molecular formula is C17H27BN2O4S. The largest absolute Gasteiger partial charge is 0.494 e. The fourth-order valence-corrected chi connectivity index (χ4v) is 4.66. The van der Waals surface area contributed by atoms with Crippen molar-refractivity contribution in [3.63, 3.8) is 0 Å². The number of nitrogens with one attached hydrogen (secondary N) is 1. The van der Waals surface area contributed by atoms with Gasteiger partial charge < -0.3 is 14.6 Å². The zero-order valence-corrected chi connectivity index (χ0v) is 16.4. The summed E-state index contributed by atoms with van der Waals surface area (Å²) in [4.78, 5) is 0.305. The molecule has 138 valence electrons. The highest BCUT2D eigenvalue weighted by atomic mass is 32.2. The van der Waals surface area contributed by atoms with Gasteiger partial charge in [-0.05, 0) is 52.2 Å². The number of sulfonamides is 1. The summed E-state index contributed by atoms with van der Waals surface area (Å²) in [5, 5.41) is 3.18. The van der Waals surface area contributed by atoms with Gasteiger partial charge in [0.05, 0.1) is 16.1 Å². The van der Waals surface area contributed by atoms with E-state index in [1.165, 1.54) is 4.31 Å². The Bertz CT molecular complexity index is 742. The van der Waals surface area contributed by atoms with Crippen molar-refractivity contribution in [3.05, 3.63) is 23.8 Å². The molecule has 6 nitrogen and oxygen atoms in total. The molecule has 25 heavy (non-hydrogen) atoms. The van der Waals surface area contributed by atoms with Gasteiger partial charge in [-0.1, -0.05) is 11.6 Å². The van der Waals surface area contributed by atoms with Gasteiger partial charge in [-0.25, -0.2) is 8.42 Å². The Labute approximate surface area is 151 Å². The van der Waals surface area contributed by atoms with E-state index in [2.05, 4.69) is 5.32 Å². The third-order valence-electron chi connectivity index (χ3n) is 5.31. The molecule has 0 amide bonds. The van der Waals surface area contributed by atoms with Gasteiger partial charge in [-0.15, -0.1) is 0 Å². The van der Waals surface area contributed by atoms with Crippen LogP contribution in [-0.4, -0.2) is 57.2 Å². The molecule has 0 aromatic heterocycles. The standard InChI is InChI=1S/C17H27BN2O4S/c1-13-10-14(18-23-16(2,3)17(4,5)24-18)12-15(11-13)25(21,22)20-8-6-19-7-9-20/h10-12,19H,6-9H2,1-5H3. The molecule has 0 spiro atoms. The van der Waals surface area contributed by atoms with Crippen molar-refractivity contribution < 1.29 is 17.7 Å². The zero-order chi connectivity index (χ0) is 18.5. The van der Waals surface area contributed by atoms with Gasteiger partial charge >= 0.3 is 7.12 Å². The first-order chi connectivity index (χ1) is 11.5. The average molecular weight is 366 g/mol. The van der Waals surface area contributed by atoms with Gasteiger partial charge in [-0.3, -0.25) is 0 Å². The van der Waals surface area contributed by atoms with Crippen LogP contribution in [0.25, 0.3) is 0 Å². The Morgan fingerprint density at radius 1 is 1.04 bits per heavy atom. The number of hydrogen-bond donors (Lipinski definition) is 1. The molecule has 8 heteroatoms. The molecule has 0 aliphatic carbocycles. The maximum atomic E-state index is 13.0. The topological polar surface area (TPSA) is 67.9 Å². The summed E-state index contributed by atoms with van der Waals surface area (Å²) in [7, 11) is -4.08. The molecule has 2 aliphatic rings. The summed E-state index contributed by atoms with van der Waals surface area (Å²) in [6.07, 6.45) is 0. The summed E-state index contributed by atoms with van der Waals surface area (Å²) in [6, 6.07) is 5.33. The normalized spacial score (nSPS) is 23.8. The Balaban J connectivity index is 1.94. The SMILES string of the molecule is Cc1cc(B2OC(C)(C)C(C)(C)O2)cc(S(=O)(=O)N2CCNCC2)c1. The summed E-state index contributed by atoms with van der Waals surface area (Å²) < 4.78 is 39.6. The number of nitrogens with zero attached hydrogens (tertiary/aromatic N) is 1. The van der Waals surface area contributed by atoms with Crippen LogP contribution in [0, 0.1) is 6.92 Å². The Hall–Kier alpha value is -0.925. The third kappa shape index (κ3) is 3.50. The number of piperazine rings is 1. The molecular weight excluding hydrogens is 339 g/mol. The molecule has 1 N–H and O–H groups in total. The molecule has 2 heterocycles. The van der Waals surface area contributed by atoms with E-state index >= 15 is 0 Å². The van der Waals surface area contributed by atoms with Gasteiger partial charge in [0.15, 0.2) is 0 Å². The first-order valence-corrected chi connectivity index (χ1v) is 10.2. The highest BCUT2D eigenvalue weighted by Gasteiger charge is 2.51. The van der Waals surface area contributed by atoms with Crippen LogP contribution in [0.15, 0.2) is 23.1 Å². The molecule has 2 saturated heterocycles. The number of benzene rings is 1. The Morgan fingerprint density at radius 3 is 2.16 bits per heavy atom. The molecule has 1 aromatic carbocycles. The first-order valence-electron chi connectivity index (χ1n) is 8.71. The third-order valence-corrected chi connectivity index (χ3v) is 7.19. The lowest BCUT2D eigenvalue weighted by Gasteiger charge is -2.32. The minimum atomic E-state index is -3.51. The van der Waals surface area contributed by atoms with Crippen molar-refractivity contribution in [2.45, 2.75) is 50.7 Å². The summed E-state index contributed by atoms with van der Waals surface area (Å²) in [6.45, 7) is 12.2. The molecule has 0 unspecified atom stereocenters. The molecule has 0 atom stereocenters. The molecule has 2 fully saturated rings. The van der Waals surface area contributed by atoms with Crippen molar-refractivity contribution >= 4 is 22.6 Å². The van der Waals surface area contributed by atoms with Crippen LogP contribution in [-0.2, 0) is 19.3 Å². The van der Waals surface area contributed by atoms with Crippen molar-refractivity contribution in [3.8, 4) is 0 Å². The Kier molecular flexibility index (Phi) is 4.79. The van der Waals surface area contributed by atoms with Gasteiger partial charge in [0.1, 0.15) is 0 Å². The minimum Gasteiger partial charge on any atom is -0.399 e.